The molecule has 73 heavy (non-hydrogen) atoms. The van der Waals surface area contributed by atoms with Gasteiger partial charge in [-0.1, -0.05) is 263 Å². The van der Waals surface area contributed by atoms with E-state index in [1.54, 1.807) is 6.08 Å². The zero-order valence-electron chi connectivity index (χ0n) is 47.3. The van der Waals surface area contributed by atoms with Gasteiger partial charge >= 0.3 is 5.97 Å². The zero-order chi connectivity index (χ0) is 53.3. The van der Waals surface area contributed by atoms with Crippen LogP contribution < -0.4 is 5.32 Å². The Labute approximate surface area is 447 Å². The summed E-state index contributed by atoms with van der Waals surface area (Å²) < 4.78 is 17.6. The van der Waals surface area contributed by atoms with Crippen molar-refractivity contribution in [2.45, 2.75) is 333 Å². The SMILES string of the molecule is CC/C=C/C/C=C/CCCCCCCCC(O)C(=O)NC(COC1OC(CO)C(O)C(O)C1OC(=O)CCCCCCCCCCCCCCCCCCCCC)C(O)/C=C/CCCCCCCCCCCC. The van der Waals surface area contributed by atoms with Crippen molar-refractivity contribution >= 4 is 11.9 Å². The predicted octanol–water partition coefficient (Wildman–Crippen LogP) is 14.3. The van der Waals surface area contributed by atoms with Gasteiger partial charge in [0, 0.05) is 6.42 Å². The molecule has 1 amide bonds. The molecule has 8 atom stereocenters. The van der Waals surface area contributed by atoms with Crippen LogP contribution in [0, 0.1) is 0 Å². The lowest BCUT2D eigenvalue weighted by molar-refractivity contribution is -0.305. The minimum absolute atomic E-state index is 0.127. The van der Waals surface area contributed by atoms with Gasteiger partial charge in [0.1, 0.15) is 24.4 Å². The van der Waals surface area contributed by atoms with Gasteiger partial charge in [0.15, 0.2) is 12.4 Å². The van der Waals surface area contributed by atoms with Gasteiger partial charge in [0.05, 0.1) is 25.4 Å². The van der Waals surface area contributed by atoms with E-state index in [4.69, 9.17) is 14.2 Å². The summed E-state index contributed by atoms with van der Waals surface area (Å²) in [6.45, 7) is 5.69. The van der Waals surface area contributed by atoms with Gasteiger partial charge in [-0.3, -0.25) is 9.59 Å². The molecule has 1 rings (SSSR count). The Bertz CT molecular complexity index is 1330. The van der Waals surface area contributed by atoms with Crippen LogP contribution in [0.2, 0.25) is 0 Å². The molecule has 0 aromatic carbocycles. The summed E-state index contributed by atoms with van der Waals surface area (Å²) in [5.74, 6) is -1.19. The molecule has 8 unspecified atom stereocenters. The van der Waals surface area contributed by atoms with Crippen molar-refractivity contribution in [1.29, 1.82) is 0 Å². The van der Waals surface area contributed by atoms with E-state index in [0.29, 0.717) is 12.8 Å². The molecule has 0 saturated carbocycles. The Morgan fingerprint density at radius 2 is 0.986 bits per heavy atom. The minimum Gasteiger partial charge on any atom is -0.454 e. The fourth-order valence-electron chi connectivity index (χ4n) is 9.69. The number of rotatable bonds is 52. The molecule has 0 bridgehead atoms. The van der Waals surface area contributed by atoms with E-state index in [9.17, 15) is 35.1 Å². The second-order valence-electron chi connectivity index (χ2n) is 21.4. The van der Waals surface area contributed by atoms with E-state index in [1.165, 1.54) is 148 Å². The first-order valence-electron chi connectivity index (χ1n) is 30.8. The van der Waals surface area contributed by atoms with E-state index < -0.39 is 67.4 Å². The molecule has 11 heteroatoms. The van der Waals surface area contributed by atoms with Gasteiger partial charge in [-0.05, 0) is 51.4 Å². The molecule has 0 aromatic heterocycles. The third kappa shape index (κ3) is 39.0. The summed E-state index contributed by atoms with van der Waals surface area (Å²) in [7, 11) is 0. The third-order valence-corrected chi connectivity index (χ3v) is 14.6. The van der Waals surface area contributed by atoms with Crippen molar-refractivity contribution in [3.63, 3.8) is 0 Å². The first-order valence-corrected chi connectivity index (χ1v) is 30.8. The molecule has 0 radical (unpaired) electrons. The maximum Gasteiger partial charge on any atom is 0.306 e. The highest BCUT2D eigenvalue weighted by atomic mass is 16.7. The smallest absolute Gasteiger partial charge is 0.306 e. The van der Waals surface area contributed by atoms with Gasteiger partial charge in [-0.25, -0.2) is 0 Å². The summed E-state index contributed by atoms with van der Waals surface area (Å²) in [5, 5.41) is 56.9. The van der Waals surface area contributed by atoms with E-state index in [1.807, 2.05) is 6.08 Å². The van der Waals surface area contributed by atoms with Crippen LogP contribution in [-0.4, -0.2) is 99.6 Å². The van der Waals surface area contributed by atoms with Crippen LogP contribution in [0.15, 0.2) is 36.5 Å². The van der Waals surface area contributed by atoms with Crippen LogP contribution in [0.5, 0.6) is 0 Å². The van der Waals surface area contributed by atoms with Crippen molar-refractivity contribution in [2.75, 3.05) is 13.2 Å². The van der Waals surface area contributed by atoms with Crippen molar-refractivity contribution in [1.82, 2.24) is 5.32 Å². The highest BCUT2D eigenvalue weighted by molar-refractivity contribution is 5.80. The second kappa shape index (κ2) is 50.7. The second-order valence-corrected chi connectivity index (χ2v) is 21.4. The molecule has 0 aromatic rings. The van der Waals surface area contributed by atoms with Gasteiger partial charge in [0.25, 0.3) is 0 Å². The molecular weight excluding hydrogens is 919 g/mol. The number of ether oxygens (including phenoxy) is 3. The van der Waals surface area contributed by atoms with Crippen molar-refractivity contribution < 1.29 is 49.3 Å². The summed E-state index contributed by atoms with van der Waals surface area (Å²) in [6.07, 6.45) is 49.0. The molecule has 1 heterocycles. The summed E-state index contributed by atoms with van der Waals surface area (Å²) >= 11 is 0. The normalized spacial score (nSPS) is 19.6. The number of aliphatic hydroxyl groups is 5. The minimum atomic E-state index is -1.61. The molecular formula is C62H115NO10. The average molecular weight is 1030 g/mol. The molecule has 0 aliphatic carbocycles. The number of hydrogen-bond donors (Lipinski definition) is 6. The van der Waals surface area contributed by atoms with Crippen LogP contribution in [0.3, 0.4) is 0 Å². The number of nitrogens with one attached hydrogen (secondary N) is 1. The van der Waals surface area contributed by atoms with Gasteiger partial charge in [-0.15, -0.1) is 0 Å². The molecule has 6 N–H and O–H groups in total. The standard InChI is InChI=1S/C62H115NO10/c1-4-7-10-13-16-19-22-25-26-27-28-29-30-32-35-38-41-44-47-50-57(67)73-60-59(69)58(68)56(51-64)72-62(60)71-52-53(54(65)48-45-42-39-36-33-24-21-18-15-12-9-6-3)63-61(70)55(66)49-46-43-40-37-34-31-23-20-17-14-11-8-5-2/h8,11,17,20,45,48,53-56,58-60,62,64-66,68-69H,4-7,9-10,12-16,18-19,21-44,46-47,49-52H2,1-3H3,(H,63,70)/b11-8+,20-17+,48-45+. The molecule has 11 nitrogen and oxygen atoms in total. The summed E-state index contributed by atoms with van der Waals surface area (Å²) in [4.78, 5) is 26.5. The summed E-state index contributed by atoms with van der Waals surface area (Å²) in [5.41, 5.74) is 0. The zero-order valence-corrected chi connectivity index (χ0v) is 47.3. The van der Waals surface area contributed by atoms with Crippen LogP contribution in [0.25, 0.3) is 0 Å². The van der Waals surface area contributed by atoms with Crippen LogP contribution >= 0.6 is 0 Å². The number of aliphatic hydroxyl groups excluding tert-OH is 5. The van der Waals surface area contributed by atoms with E-state index >= 15 is 0 Å². The predicted molar refractivity (Wildman–Crippen MR) is 301 cm³/mol. The Morgan fingerprint density at radius 3 is 1.47 bits per heavy atom. The van der Waals surface area contributed by atoms with Crippen molar-refractivity contribution in [2.24, 2.45) is 0 Å². The molecule has 1 fully saturated rings. The van der Waals surface area contributed by atoms with Crippen LogP contribution in [0.1, 0.15) is 284 Å². The molecule has 1 aliphatic heterocycles. The number of carbonyl (C=O) groups is 2. The molecule has 0 spiro atoms. The topological polar surface area (TPSA) is 175 Å². The van der Waals surface area contributed by atoms with E-state index in [-0.39, 0.29) is 19.4 Å². The Balaban J connectivity index is 2.66. The third-order valence-electron chi connectivity index (χ3n) is 14.6. The van der Waals surface area contributed by atoms with Gasteiger partial charge in [-0.2, -0.15) is 0 Å². The van der Waals surface area contributed by atoms with E-state index in [2.05, 4.69) is 50.4 Å². The number of amides is 1. The maximum atomic E-state index is 13.4. The van der Waals surface area contributed by atoms with Crippen molar-refractivity contribution in [3.8, 4) is 0 Å². The van der Waals surface area contributed by atoms with E-state index in [0.717, 1.165) is 89.9 Å². The summed E-state index contributed by atoms with van der Waals surface area (Å²) in [6, 6.07) is -1.02. The molecule has 428 valence electrons. The lowest BCUT2D eigenvalue weighted by Gasteiger charge is -2.41. The average Bonchev–Trinajstić information content (AvgIpc) is 3.39. The Kier molecular flexibility index (Phi) is 47.8. The number of carbonyl (C=O) groups excluding carboxylic acids is 2. The Hall–Kier alpha value is -2.12. The monoisotopic (exact) mass is 1030 g/mol. The fourth-order valence-corrected chi connectivity index (χ4v) is 9.69. The molecule has 1 aliphatic rings. The number of unbranched alkanes of at least 4 members (excludes halogenated alkanes) is 34. The van der Waals surface area contributed by atoms with Crippen molar-refractivity contribution in [3.05, 3.63) is 36.5 Å². The van der Waals surface area contributed by atoms with Gasteiger partial charge < -0.3 is 45.1 Å². The van der Waals surface area contributed by atoms with Gasteiger partial charge in [0.2, 0.25) is 5.91 Å². The van der Waals surface area contributed by atoms with Crippen LogP contribution in [-0.2, 0) is 23.8 Å². The maximum absolute atomic E-state index is 13.4. The first-order chi connectivity index (χ1) is 35.7. The number of hydrogen-bond acceptors (Lipinski definition) is 10. The Morgan fingerprint density at radius 1 is 0.548 bits per heavy atom. The highest BCUT2D eigenvalue weighted by Crippen LogP contribution is 2.26. The number of allylic oxidation sites excluding steroid dienone is 5. The fraction of sp³-hybridized carbons (Fsp3) is 0.871. The lowest BCUT2D eigenvalue weighted by Crippen LogP contribution is -2.61. The number of esters is 1. The lowest BCUT2D eigenvalue weighted by atomic mass is 9.99. The largest absolute Gasteiger partial charge is 0.454 e. The highest BCUT2D eigenvalue weighted by Gasteiger charge is 2.47. The quantitative estimate of drug-likeness (QED) is 0.0195. The molecule has 1 saturated heterocycles. The first kappa shape index (κ1) is 68.9. The van der Waals surface area contributed by atoms with Crippen LogP contribution in [0.4, 0.5) is 0 Å².